The van der Waals surface area contributed by atoms with Gasteiger partial charge in [0, 0.05) is 24.1 Å². The van der Waals surface area contributed by atoms with Gasteiger partial charge in [-0.25, -0.2) is 0 Å². The number of aryl methyl sites for hydroxylation is 1. The number of piperidine rings is 1. The minimum absolute atomic E-state index is 0. The van der Waals surface area contributed by atoms with Gasteiger partial charge in [0.15, 0.2) is 6.10 Å². The van der Waals surface area contributed by atoms with Crippen LogP contribution in [0.15, 0.2) is 18.2 Å². The van der Waals surface area contributed by atoms with E-state index in [0.29, 0.717) is 23.9 Å². The first-order valence-corrected chi connectivity index (χ1v) is 8.74. The van der Waals surface area contributed by atoms with Gasteiger partial charge in [-0.1, -0.05) is 11.6 Å². The Morgan fingerprint density at radius 3 is 2.68 bits per heavy atom. The number of hydrogen-bond acceptors (Lipinski definition) is 4. The highest BCUT2D eigenvalue weighted by Crippen LogP contribution is 2.28. The molecule has 0 bridgehead atoms. The molecular formula is C18H28Cl2N2O3. The third-order valence-electron chi connectivity index (χ3n) is 4.56. The van der Waals surface area contributed by atoms with Crippen LogP contribution in [0.4, 0.5) is 0 Å². The Kier molecular flexibility index (Phi) is 9.00. The van der Waals surface area contributed by atoms with Crippen LogP contribution in [0, 0.1) is 12.3 Å². The van der Waals surface area contributed by atoms with E-state index in [1.807, 2.05) is 13.0 Å². The van der Waals surface area contributed by atoms with Crippen molar-refractivity contribution >= 4 is 29.9 Å². The third-order valence-corrected chi connectivity index (χ3v) is 4.99. The number of benzene rings is 1. The predicted octanol–water partition coefficient (Wildman–Crippen LogP) is 2.97. The summed E-state index contributed by atoms with van der Waals surface area (Å²) in [5.41, 5.74) is 0.933. The van der Waals surface area contributed by atoms with Crippen molar-refractivity contribution in [3.05, 3.63) is 28.8 Å². The molecule has 0 radical (unpaired) electrons. The van der Waals surface area contributed by atoms with Gasteiger partial charge in [-0.2, -0.15) is 0 Å². The maximum Gasteiger partial charge on any atom is 0.260 e. The molecule has 0 aromatic heterocycles. The maximum atomic E-state index is 12.4. The lowest BCUT2D eigenvalue weighted by atomic mass is 9.79. The van der Waals surface area contributed by atoms with E-state index in [1.54, 1.807) is 26.2 Å². The molecule has 1 aliphatic heterocycles. The van der Waals surface area contributed by atoms with Crippen LogP contribution < -0.4 is 15.4 Å². The summed E-state index contributed by atoms with van der Waals surface area (Å²) in [5, 5.41) is 7.06. The van der Waals surface area contributed by atoms with Crippen LogP contribution in [0.5, 0.6) is 5.75 Å². The van der Waals surface area contributed by atoms with Crippen LogP contribution in [-0.4, -0.2) is 45.4 Å². The zero-order valence-corrected chi connectivity index (χ0v) is 16.6. The van der Waals surface area contributed by atoms with E-state index in [9.17, 15) is 4.79 Å². The molecule has 7 heteroatoms. The Hall–Kier alpha value is -1.01. The van der Waals surface area contributed by atoms with Crippen molar-refractivity contribution in [3.8, 4) is 5.75 Å². The summed E-state index contributed by atoms with van der Waals surface area (Å²) in [5.74, 6) is 0.532. The highest BCUT2D eigenvalue weighted by Gasteiger charge is 2.33. The summed E-state index contributed by atoms with van der Waals surface area (Å²) in [6.45, 7) is 6.83. The van der Waals surface area contributed by atoms with Crippen LogP contribution in [0.1, 0.15) is 25.3 Å². The molecule has 1 amide bonds. The van der Waals surface area contributed by atoms with E-state index in [2.05, 4.69) is 10.6 Å². The van der Waals surface area contributed by atoms with E-state index in [-0.39, 0.29) is 23.7 Å². The van der Waals surface area contributed by atoms with Crippen LogP contribution in [0.25, 0.3) is 0 Å². The largest absolute Gasteiger partial charge is 0.481 e. The quantitative estimate of drug-likeness (QED) is 0.751. The molecule has 1 aromatic carbocycles. The van der Waals surface area contributed by atoms with Gasteiger partial charge in [0.1, 0.15) is 5.75 Å². The fraction of sp³-hybridized carbons (Fsp3) is 0.611. The lowest BCUT2D eigenvalue weighted by Crippen LogP contribution is -2.49. The van der Waals surface area contributed by atoms with E-state index < -0.39 is 6.10 Å². The summed E-state index contributed by atoms with van der Waals surface area (Å²) in [7, 11) is 1.71. The van der Waals surface area contributed by atoms with E-state index >= 15 is 0 Å². The second-order valence-corrected chi connectivity index (χ2v) is 6.98. The first kappa shape index (κ1) is 22.0. The van der Waals surface area contributed by atoms with E-state index in [4.69, 9.17) is 21.1 Å². The number of amides is 1. The van der Waals surface area contributed by atoms with Crippen molar-refractivity contribution in [1.29, 1.82) is 0 Å². The molecule has 0 saturated carbocycles. The van der Waals surface area contributed by atoms with Gasteiger partial charge in [-0.3, -0.25) is 4.79 Å². The first-order valence-electron chi connectivity index (χ1n) is 8.36. The summed E-state index contributed by atoms with van der Waals surface area (Å²) < 4.78 is 11.1. The summed E-state index contributed by atoms with van der Waals surface area (Å²) in [4.78, 5) is 12.4. The Bertz CT molecular complexity index is 558. The predicted molar refractivity (Wildman–Crippen MR) is 103 cm³/mol. The second kappa shape index (κ2) is 10.2. The summed E-state index contributed by atoms with van der Waals surface area (Å²) in [6, 6.07) is 5.39. The molecule has 25 heavy (non-hydrogen) atoms. The average molecular weight is 391 g/mol. The van der Waals surface area contributed by atoms with Crippen molar-refractivity contribution in [1.82, 2.24) is 10.6 Å². The van der Waals surface area contributed by atoms with Gasteiger partial charge in [0.25, 0.3) is 5.91 Å². The molecule has 0 spiro atoms. The van der Waals surface area contributed by atoms with Crippen LogP contribution >= 0.6 is 24.0 Å². The lowest BCUT2D eigenvalue weighted by Gasteiger charge is -2.37. The molecule has 1 atom stereocenters. The zero-order chi connectivity index (χ0) is 17.6. The molecule has 0 aliphatic carbocycles. The number of carbonyl (C=O) groups is 1. The van der Waals surface area contributed by atoms with Gasteiger partial charge in [-0.15, -0.1) is 12.4 Å². The van der Waals surface area contributed by atoms with Crippen molar-refractivity contribution in [2.45, 2.75) is 32.8 Å². The van der Waals surface area contributed by atoms with Crippen molar-refractivity contribution in [2.24, 2.45) is 5.41 Å². The number of methoxy groups -OCH3 is 1. The molecule has 1 aliphatic rings. The minimum atomic E-state index is -0.563. The fourth-order valence-corrected chi connectivity index (χ4v) is 3.12. The minimum Gasteiger partial charge on any atom is -0.481 e. The van der Waals surface area contributed by atoms with Crippen LogP contribution in [0.3, 0.4) is 0 Å². The second-order valence-electron chi connectivity index (χ2n) is 6.57. The number of ether oxygens (including phenoxy) is 2. The molecular weight excluding hydrogens is 363 g/mol. The van der Waals surface area contributed by atoms with E-state index in [1.165, 1.54) is 0 Å². The third kappa shape index (κ3) is 6.33. The average Bonchev–Trinajstić information content (AvgIpc) is 2.57. The molecule has 5 nitrogen and oxygen atoms in total. The zero-order valence-electron chi connectivity index (χ0n) is 15.1. The van der Waals surface area contributed by atoms with Gasteiger partial charge < -0.3 is 20.1 Å². The van der Waals surface area contributed by atoms with Crippen molar-refractivity contribution in [2.75, 3.05) is 33.4 Å². The smallest absolute Gasteiger partial charge is 0.260 e. The molecule has 1 unspecified atom stereocenters. The van der Waals surface area contributed by atoms with Crippen molar-refractivity contribution < 1.29 is 14.3 Å². The lowest BCUT2D eigenvalue weighted by molar-refractivity contribution is -0.128. The fourth-order valence-electron chi connectivity index (χ4n) is 3.00. The topological polar surface area (TPSA) is 59.6 Å². The Labute approximate surface area is 161 Å². The van der Waals surface area contributed by atoms with Gasteiger partial charge >= 0.3 is 0 Å². The normalized spacial score (nSPS) is 17.3. The van der Waals surface area contributed by atoms with Gasteiger partial charge in [0.2, 0.25) is 0 Å². The van der Waals surface area contributed by atoms with E-state index in [0.717, 1.165) is 31.5 Å². The first-order chi connectivity index (χ1) is 11.5. The number of halogens is 2. The molecule has 1 heterocycles. The number of rotatable bonds is 7. The highest BCUT2D eigenvalue weighted by molar-refractivity contribution is 6.31. The molecule has 2 rings (SSSR count). The SMILES string of the molecule is COCC1(CNC(=O)C(C)Oc2ccc(Cl)c(C)c2)CCNCC1.Cl. The number of carbonyl (C=O) groups excluding carboxylic acids is 1. The Morgan fingerprint density at radius 2 is 2.08 bits per heavy atom. The van der Waals surface area contributed by atoms with Gasteiger partial charge in [0.05, 0.1) is 6.61 Å². The van der Waals surface area contributed by atoms with Crippen LogP contribution in [-0.2, 0) is 9.53 Å². The standard InChI is InChI=1S/C18H27ClN2O3.ClH/c1-13-10-15(4-5-16(13)19)24-14(2)17(22)21-11-18(12-23-3)6-8-20-9-7-18;/h4-5,10,14,20H,6-9,11-12H2,1-3H3,(H,21,22);1H. The highest BCUT2D eigenvalue weighted by atomic mass is 35.5. The maximum absolute atomic E-state index is 12.4. The van der Waals surface area contributed by atoms with Crippen molar-refractivity contribution in [3.63, 3.8) is 0 Å². The molecule has 142 valence electrons. The molecule has 2 N–H and O–H groups in total. The monoisotopic (exact) mass is 390 g/mol. The number of hydrogen-bond donors (Lipinski definition) is 2. The molecule has 1 aromatic rings. The summed E-state index contributed by atoms with van der Waals surface area (Å²) in [6.07, 6.45) is 1.42. The molecule has 1 fully saturated rings. The number of nitrogens with one attached hydrogen (secondary N) is 2. The Morgan fingerprint density at radius 1 is 1.40 bits per heavy atom. The molecule has 1 saturated heterocycles. The van der Waals surface area contributed by atoms with Gasteiger partial charge in [-0.05, 0) is 63.5 Å². The Balaban J connectivity index is 0.00000312. The van der Waals surface area contributed by atoms with Crippen LogP contribution in [0.2, 0.25) is 5.02 Å². The summed E-state index contributed by atoms with van der Waals surface area (Å²) >= 11 is 6.01.